The monoisotopic (exact) mass is 432 g/mol. The van der Waals surface area contributed by atoms with Crippen LogP contribution in [0.3, 0.4) is 0 Å². The number of aryl methyl sites for hydroxylation is 1. The molecule has 2 heteroatoms. The molecule has 0 aliphatic rings. The fourth-order valence-electron chi connectivity index (χ4n) is 3.45. The van der Waals surface area contributed by atoms with Crippen LogP contribution in [0.5, 0.6) is 0 Å². The van der Waals surface area contributed by atoms with Crippen LogP contribution in [0.1, 0.15) is 41.2 Å². The maximum absolute atomic E-state index is 14.3. The fourth-order valence-corrected chi connectivity index (χ4v) is 3.45. The minimum absolute atomic E-state index is 0.246. The first kappa shape index (κ1) is 22.1. The molecule has 0 heterocycles. The number of allylic oxidation sites excluding steroid dienone is 2. The molecule has 0 radical (unpaired) electrons. The van der Waals surface area contributed by atoms with E-state index >= 15 is 0 Å². The van der Waals surface area contributed by atoms with Gasteiger partial charge in [-0.05, 0) is 96.8 Å². The number of rotatable bonds is 3. The van der Waals surface area contributed by atoms with Crippen molar-refractivity contribution in [2.75, 3.05) is 0 Å². The summed E-state index contributed by atoms with van der Waals surface area (Å²) >= 11 is 0. The minimum Gasteiger partial charge on any atom is -0.207 e. The highest BCUT2D eigenvalue weighted by molar-refractivity contribution is 5.84. The fraction of sp³-hybridized carbons (Fsp3) is 0.0968. The molecular formula is C31H22F2. The third kappa shape index (κ3) is 5.97. The number of benzene rings is 4. The van der Waals surface area contributed by atoms with Crippen molar-refractivity contribution >= 4 is 10.8 Å². The van der Waals surface area contributed by atoms with Gasteiger partial charge < -0.3 is 0 Å². The van der Waals surface area contributed by atoms with Crippen molar-refractivity contribution in [2.24, 2.45) is 0 Å². The van der Waals surface area contributed by atoms with Gasteiger partial charge in [0.1, 0.15) is 11.6 Å². The lowest BCUT2D eigenvalue weighted by Gasteiger charge is -2.00. The van der Waals surface area contributed by atoms with Crippen LogP contribution < -0.4 is 0 Å². The molecule has 0 saturated carbocycles. The molecule has 0 aliphatic heterocycles. The van der Waals surface area contributed by atoms with Gasteiger partial charge in [0.05, 0.1) is 5.56 Å². The molecular weight excluding hydrogens is 410 g/mol. The van der Waals surface area contributed by atoms with Crippen LogP contribution in [-0.2, 0) is 6.42 Å². The van der Waals surface area contributed by atoms with Gasteiger partial charge in [0.2, 0.25) is 0 Å². The zero-order valence-electron chi connectivity index (χ0n) is 18.3. The van der Waals surface area contributed by atoms with Gasteiger partial charge in [0.15, 0.2) is 0 Å². The van der Waals surface area contributed by atoms with Crippen molar-refractivity contribution in [3.63, 3.8) is 0 Å². The van der Waals surface area contributed by atoms with Crippen LogP contribution in [-0.4, -0.2) is 0 Å². The van der Waals surface area contributed by atoms with Crippen molar-refractivity contribution in [3.8, 4) is 23.7 Å². The van der Waals surface area contributed by atoms with E-state index in [-0.39, 0.29) is 11.6 Å². The van der Waals surface area contributed by atoms with E-state index < -0.39 is 0 Å². The van der Waals surface area contributed by atoms with Gasteiger partial charge >= 0.3 is 0 Å². The highest BCUT2D eigenvalue weighted by Gasteiger charge is 2.01. The summed E-state index contributed by atoms with van der Waals surface area (Å²) in [6.45, 7) is 1.98. The lowest BCUT2D eigenvalue weighted by molar-refractivity contribution is 0.622. The Morgan fingerprint density at radius 3 is 2.03 bits per heavy atom. The molecule has 0 unspecified atom stereocenters. The molecule has 0 amide bonds. The second-order valence-corrected chi connectivity index (χ2v) is 7.71. The topological polar surface area (TPSA) is 0 Å². The summed E-state index contributed by atoms with van der Waals surface area (Å²) in [6, 6.07) is 23.2. The summed E-state index contributed by atoms with van der Waals surface area (Å²) in [5, 5.41) is 1.80. The van der Waals surface area contributed by atoms with Gasteiger partial charge in [-0.2, -0.15) is 0 Å². The maximum Gasteiger partial charge on any atom is 0.139 e. The van der Waals surface area contributed by atoms with Gasteiger partial charge in [-0.1, -0.05) is 54.0 Å². The Bertz CT molecular complexity index is 1440. The normalized spacial score (nSPS) is 10.5. The van der Waals surface area contributed by atoms with Crippen LogP contribution >= 0.6 is 0 Å². The summed E-state index contributed by atoms with van der Waals surface area (Å²) in [6.07, 6.45) is 5.79. The smallest absolute Gasteiger partial charge is 0.139 e. The highest BCUT2D eigenvalue weighted by Crippen LogP contribution is 2.17. The molecule has 0 fully saturated rings. The first-order valence-electron chi connectivity index (χ1n) is 10.8. The largest absolute Gasteiger partial charge is 0.207 e. The molecule has 4 aromatic rings. The molecule has 33 heavy (non-hydrogen) atoms. The van der Waals surface area contributed by atoms with E-state index in [1.54, 1.807) is 18.2 Å². The average Bonchev–Trinajstić information content (AvgIpc) is 2.83. The first-order valence-corrected chi connectivity index (χ1v) is 10.8. The molecule has 160 valence electrons. The van der Waals surface area contributed by atoms with Gasteiger partial charge in [0, 0.05) is 16.7 Å². The summed E-state index contributed by atoms with van der Waals surface area (Å²) in [5.41, 5.74) is 3.88. The average molecular weight is 433 g/mol. The zero-order valence-corrected chi connectivity index (χ0v) is 18.3. The molecule has 4 rings (SSSR count). The van der Waals surface area contributed by atoms with Crippen LogP contribution in [0.2, 0.25) is 0 Å². The Labute approximate surface area is 193 Å². The zero-order chi connectivity index (χ0) is 23.0. The summed E-state index contributed by atoms with van der Waals surface area (Å²) < 4.78 is 27.7. The van der Waals surface area contributed by atoms with Gasteiger partial charge in [-0.15, -0.1) is 0 Å². The van der Waals surface area contributed by atoms with Gasteiger partial charge in [-0.3, -0.25) is 0 Å². The van der Waals surface area contributed by atoms with Crippen LogP contribution in [0, 0.1) is 35.3 Å². The standard InChI is InChI=1S/C31H22F2/c1-2-3-4-5-25-13-16-27(31(33)21-25)15-12-24-8-6-23(7-9-24)10-11-26-14-17-29-22-30(32)19-18-28(29)20-26/h2-3,6-9,13-14,16-22H,4-5H2,1H3/b3-2+. The van der Waals surface area contributed by atoms with Crippen molar-refractivity contribution in [2.45, 2.75) is 19.8 Å². The molecule has 0 nitrogen and oxygen atoms in total. The van der Waals surface area contributed by atoms with Crippen molar-refractivity contribution in [1.29, 1.82) is 0 Å². The van der Waals surface area contributed by atoms with Crippen LogP contribution in [0.25, 0.3) is 10.8 Å². The summed E-state index contributed by atoms with van der Waals surface area (Å²) in [7, 11) is 0. The quantitative estimate of drug-likeness (QED) is 0.233. The molecule has 0 bridgehead atoms. The van der Waals surface area contributed by atoms with E-state index in [9.17, 15) is 8.78 Å². The number of hydrogen-bond donors (Lipinski definition) is 0. The number of fused-ring (bicyclic) bond motifs is 1. The van der Waals surface area contributed by atoms with E-state index in [1.807, 2.05) is 61.5 Å². The molecule has 0 N–H and O–H groups in total. The van der Waals surface area contributed by atoms with E-state index in [4.69, 9.17) is 0 Å². The van der Waals surface area contributed by atoms with E-state index in [1.165, 1.54) is 12.1 Å². The van der Waals surface area contributed by atoms with Crippen molar-refractivity contribution < 1.29 is 8.78 Å². The number of hydrogen-bond acceptors (Lipinski definition) is 0. The minimum atomic E-state index is -0.291. The Morgan fingerprint density at radius 1 is 0.667 bits per heavy atom. The SMILES string of the molecule is C/C=C/CCc1ccc(C#Cc2ccc(C#Cc3ccc4cc(F)ccc4c3)cc2)c(F)c1. The first-order chi connectivity index (χ1) is 16.1. The Balaban J connectivity index is 1.45. The lowest BCUT2D eigenvalue weighted by Crippen LogP contribution is -1.89. The Kier molecular flexibility index (Phi) is 6.99. The van der Waals surface area contributed by atoms with Crippen molar-refractivity contribution in [3.05, 3.63) is 130 Å². The molecule has 0 atom stereocenters. The molecule has 4 aromatic carbocycles. The molecule has 0 saturated heterocycles. The maximum atomic E-state index is 14.3. The van der Waals surface area contributed by atoms with E-state index in [0.717, 1.165) is 45.9 Å². The predicted molar refractivity (Wildman–Crippen MR) is 132 cm³/mol. The summed E-state index contributed by atoms with van der Waals surface area (Å²) in [4.78, 5) is 0. The molecule has 0 aromatic heterocycles. The van der Waals surface area contributed by atoms with Gasteiger partial charge in [0.25, 0.3) is 0 Å². The Hall–Kier alpha value is -4.14. The summed E-state index contributed by atoms with van der Waals surface area (Å²) in [5.74, 6) is 11.7. The predicted octanol–water partition coefficient (Wildman–Crippen LogP) is 7.43. The molecule has 0 aliphatic carbocycles. The lowest BCUT2D eigenvalue weighted by atomic mass is 10.1. The molecule has 0 spiro atoms. The second-order valence-electron chi connectivity index (χ2n) is 7.71. The van der Waals surface area contributed by atoms with Crippen LogP contribution in [0.15, 0.2) is 91.0 Å². The number of halogens is 2. The van der Waals surface area contributed by atoms with Gasteiger partial charge in [-0.25, -0.2) is 8.78 Å². The van der Waals surface area contributed by atoms with E-state index in [0.29, 0.717) is 5.56 Å². The van der Waals surface area contributed by atoms with Crippen LogP contribution in [0.4, 0.5) is 8.78 Å². The third-order valence-corrected chi connectivity index (χ3v) is 5.25. The van der Waals surface area contributed by atoms with E-state index in [2.05, 4.69) is 29.8 Å². The highest BCUT2D eigenvalue weighted by atomic mass is 19.1. The Morgan fingerprint density at radius 2 is 1.30 bits per heavy atom. The second kappa shape index (κ2) is 10.4. The van der Waals surface area contributed by atoms with Crippen molar-refractivity contribution in [1.82, 2.24) is 0 Å². The third-order valence-electron chi connectivity index (χ3n) is 5.25.